The van der Waals surface area contributed by atoms with Crippen molar-refractivity contribution in [2.75, 3.05) is 0 Å². The number of rotatable bonds is 8. The van der Waals surface area contributed by atoms with Gasteiger partial charge < -0.3 is 5.73 Å². The molecule has 2 atom stereocenters. The minimum absolute atomic E-state index is 0.343. The lowest BCUT2D eigenvalue weighted by Gasteiger charge is -2.25. The topological polar surface area (TPSA) is 55.1 Å². The molecular formula is C25H24F4N2O. The van der Waals surface area contributed by atoms with E-state index in [1.54, 1.807) is 43.3 Å². The second-order valence-electron chi connectivity index (χ2n) is 7.71. The summed E-state index contributed by atoms with van der Waals surface area (Å²) in [5, 5.41) is 3.26. The maximum Gasteiger partial charge on any atom is 0.416 e. The summed E-state index contributed by atoms with van der Waals surface area (Å²) in [6.07, 6.45) is -3.47. The highest BCUT2D eigenvalue weighted by molar-refractivity contribution is 5.81. The van der Waals surface area contributed by atoms with Gasteiger partial charge in [0.05, 0.1) is 5.56 Å². The van der Waals surface area contributed by atoms with Crippen molar-refractivity contribution in [3.8, 4) is 0 Å². The van der Waals surface area contributed by atoms with E-state index in [4.69, 9.17) is 5.73 Å². The molecule has 32 heavy (non-hydrogen) atoms. The predicted octanol–water partition coefficient (Wildman–Crippen LogP) is 5.64. The molecule has 0 aliphatic heterocycles. The van der Waals surface area contributed by atoms with Gasteiger partial charge in [-0.05, 0) is 60.2 Å². The molecule has 0 bridgehead atoms. The number of hydrogen-bond acceptors (Lipinski definition) is 2. The van der Waals surface area contributed by atoms with Crippen LogP contribution in [-0.4, -0.2) is 5.91 Å². The lowest BCUT2D eigenvalue weighted by Crippen LogP contribution is -2.36. The smallest absolute Gasteiger partial charge is 0.368 e. The lowest BCUT2D eigenvalue weighted by atomic mass is 9.95. The van der Waals surface area contributed by atoms with Gasteiger partial charge in [0, 0.05) is 6.04 Å². The van der Waals surface area contributed by atoms with Crippen molar-refractivity contribution in [1.82, 2.24) is 5.32 Å². The molecule has 1 amide bonds. The molecule has 7 heteroatoms. The summed E-state index contributed by atoms with van der Waals surface area (Å²) in [6.45, 7) is 1.65. The first-order valence-electron chi connectivity index (χ1n) is 10.2. The van der Waals surface area contributed by atoms with Gasteiger partial charge in [0.1, 0.15) is 11.9 Å². The molecule has 0 saturated heterocycles. The van der Waals surface area contributed by atoms with Gasteiger partial charge in [-0.1, -0.05) is 54.6 Å². The SMILES string of the molecule is Cc1cc([C@H](CCc2ccc(C(F)(F)F)cc2)N[C@H](C(N)=O)c2ccccc2)ccc1F. The van der Waals surface area contributed by atoms with Gasteiger partial charge in [-0.2, -0.15) is 13.2 Å². The zero-order valence-corrected chi connectivity index (χ0v) is 17.5. The molecule has 3 N–H and O–H groups in total. The number of nitrogens with one attached hydrogen (secondary N) is 1. The molecule has 0 fully saturated rings. The van der Waals surface area contributed by atoms with E-state index in [0.717, 1.165) is 23.3 Å². The molecule has 0 aliphatic carbocycles. The summed E-state index contributed by atoms with van der Waals surface area (Å²) in [5.41, 5.74) is 7.57. The Kier molecular flexibility index (Phi) is 7.30. The normalized spacial score (nSPS) is 13.5. The van der Waals surface area contributed by atoms with Gasteiger partial charge in [0.25, 0.3) is 0 Å². The molecule has 3 aromatic carbocycles. The molecule has 0 aliphatic rings. The molecule has 0 radical (unpaired) electrons. The quantitative estimate of drug-likeness (QED) is 0.442. The van der Waals surface area contributed by atoms with Crippen LogP contribution in [0.15, 0.2) is 72.8 Å². The number of hydrogen-bond donors (Lipinski definition) is 2. The molecule has 3 nitrogen and oxygen atoms in total. The third-order valence-corrected chi connectivity index (χ3v) is 5.37. The number of carbonyl (C=O) groups excluding carboxylic acids is 1. The standard InChI is InChI=1S/C25H24F4N2O/c1-16-15-19(10-13-21(16)26)22(31-23(24(30)32)18-5-3-2-4-6-18)14-9-17-7-11-20(12-8-17)25(27,28)29/h2-8,10-13,15,22-23,31H,9,14H2,1H3,(H2,30,32)/t22-,23-/m0/s1. The highest BCUT2D eigenvalue weighted by Gasteiger charge is 2.30. The van der Waals surface area contributed by atoms with Crippen LogP contribution < -0.4 is 11.1 Å². The van der Waals surface area contributed by atoms with Gasteiger partial charge in [-0.15, -0.1) is 0 Å². The van der Waals surface area contributed by atoms with E-state index in [9.17, 15) is 22.4 Å². The second-order valence-corrected chi connectivity index (χ2v) is 7.71. The maximum atomic E-state index is 13.8. The highest BCUT2D eigenvalue weighted by atomic mass is 19.4. The zero-order chi connectivity index (χ0) is 23.3. The molecular weight excluding hydrogens is 420 g/mol. The van der Waals surface area contributed by atoms with Crippen molar-refractivity contribution in [2.45, 2.75) is 38.0 Å². The van der Waals surface area contributed by atoms with Crippen LogP contribution in [-0.2, 0) is 17.4 Å². The fourth-order valence-corrected chi connectivity index (χ4v) is 3.59. The van der Waals surface area contributed by atoms with Gasteiger partial charge in [0.15, 0.2) is 0 Å². The first-order chi connectivity index (χ1) is 15.1. The molecule has 168 valence electrons. The van der Waals surface area contributed by atoms with Crippen molar-refractivity contribution in [3.05, 3.63) is 106 Å². The Bertz CT molecular complexity index is 1050. The van der Waals surface area contributed by atoms with Crippen molar-refractivity contribution in [3.63, 3.8) is 0 Å². The molecule has 0 unspecified atom stereocenters. The monoisotopic (exact) mass is 444 g/mol. The van der Waals surface area contributed by atoms with Crippen LogP contribution in [0.3, 0.4) is 0 Å². The molecule has 0 saturated carbocycles. The fourth-order valence-electron chi connectivity index (χ4n) is 3.59. The minimum Gasteiger partial charge on any atom is -0.368 e. The summed E-state index contributed by atoms with van der Waals surface area (Å²) >= 11 is 0. The molecule has 0 heterocycles. The number of nitrogens with two attached hydrogens (primary N) is 1. The first-order valence-corrected chi connectivity index (χ1v) is 10.2. The van der Waals surface area contributed by atoms with E-state index in [1.165, 1.54) is 18.2 Å². The van der Waals surface area contributed by atoms with Crippen molar-refractivity contribution in [1.29, 1.82) is 0 Å². The van der Waals surface area contributed by atoms with Gasteiger partial charge >= 0.3 is 6.18 Å². The van der Waals surface area contributed by atoms with Crippen LogP contribution >= 0.6 is 0 Å². The Morgan fingerprint density at radius 3 is 2.19 bits per heavy atom. The molecule has 0 spiro atoms. The number of primary amides is 1. The third-order valence-electron chi connectivity index (χ3n) is 5.37. The summed E-state index contributed by atoms with van der Waals surface area (Å²) < 4.78 is 52.3. The number of alkyl halides is 3. The third kappa shape index (κ3) is 5.95. The van der Waals surface area contributed by atoms with Crippen molar-refractivity contribution >= 4 is 5.91 Å². The average molecular weight is 444 g/mol. The summed E-state index contributed by atoms with van der Waals surface area (Å²) in [4.78, 5) is 12.2. The molecule has 3 rings (SSSR count). The van der Waals surface area contributed by atoms with Gasteiger partial charge in [0.2, 0.25) is 5.91 Å². The van der Waals surface area contributed by atoms with E-state index in [0.29, 0.717) is 24.0 Å². The zero-order valence-electron chi connectivity index (χ0n) is 17.5. The first kappa shape index (κ1) is 23.5. The predicted molar refractivity (Wildman–Crippen MR) is 115 cm³/mol. The van der Waals surface area contributed by atoms with E-state index in [1.807, 2.05) is 6.07 Å². The van der Waals surface area contributed by atoms with Crippen molar-refractivity contribution in [2.24, 2.45) is 5.73 Å². The van der Waals surface area contributed by atoms with Gasteiger partial charge in [-0.3, -0.25) is 10.1 Å². The minimum atomic E-state index is -4.39. The Morgan fingerprint density at radius 2 is 1.62 bits per heavy atom. The van der Waals surface area contributed by atoms with Gasteiger partial charge in [-0.25, -0.2) is 4.39 Å². The number of amides is 1. The summed E-state index contributed by atoms with van der Waals surface area (Å²) in [6, 6.07) is 17.5. The maximum absolute atomic E-state index is 13.8. The van der Waals surface area contributed by atoms with E-state index >= 15 is 0 Å². The summed E-state index contributed by atoms with van der Waals surface area (Å²) in [5.74, 6) is -0.903. The molecule has 3 aromatic rings. The van der Waals surface area contributed by atoms with E-state index in [2.05, 4.69) is 5.32 Å². The Balaban J connectivity index is 1.85. The van der Waals surface area contributed by atoms with Crippen LogP contribution in [0.2, 0.25) is 0 Å². The Hall–Kier alpha value is -3.19. The number of halogens is 4. The van der Waals surface area contributed by atoms with Crippen LogP contribution in [0.4, 0.5) is 17.6 Å². The molecule has 0 aromatic heterocycles. The lowest BCUT2D eigenvalue weighted by molar-refractivity contribution is -0.137. The van der Waals surface area contributed by atoms with Crippen LogP contribution in [0.5, 0.6) is 0 Å². The number of aryl methyl sites for hydroxylation is 2. The second kappa shape index (κ2) is 9.96. The fraction of sp³-hybridized carbons (Fsp3) is 0.240. The largest absolute Gasteiger partial charge is 0.416 e. The van der Waals surface area contributed by atoms with Crippen molar-refractivity contribution < 1.29 is 22.4 Å². The van der Waals surface area contributed by atoms with Crippen LogP contribution in [0, 0.1) is 12.7 Å². The number of benzene rings is 3. The highest BCUT2D eigenvalue weighted by Crippen LogP contribution is 2.30. The number of carbonyl (C=O) groups is 1. The summed E-state index contributed by atoms with van der Waals surface area (Å²) in [7, 11) is 0. The Labute approximate surface area is 184 Å². The van der Waals surface area contributed by atoms with E-state index < -0.39 is 23.7 Å². The van der Waals surface area contributed by atoms with Crippen LogP contribution in [0.1, 0.15) is 46.3 Å². The van der Waals surface area contributed by atoms with E-state index in [-0.39, 0.29) is 11.9 Å². The Morgan fingerprint density at radius 1 is 0.969 bits per heavy atom. The van der Waals surface area contributed by atoms with Crippen LogP contribution in [0.25, 0.3) is 0 Å². The average Bonchev–Trinajstić information content (AvgIpc) is 2.76.